The van der Waals surface area contributed by atoms with Crippen LogP contribution in [0.2, 0.25) is 0 Å². The first kappa shape index (κ1) is 34.6. The largest absolute Gasteiger partial charge is 0.445 e. The lowest BCUT2D eigenvalue weighted by molar-refractivity contribution is -0.132. The normalized spacial score (nSPS) is 12.0. The molecule has 1 aromatic rings. The van der Waals surface area contributed by atoms with Crippen molar-refractivity contribution < 1.29 is 33.5 Å². The number of nitrogens with one attached hydrogen (secondary N) is 5. The quantitative estimate of drug-likeness (QED) is 0.0517. The molecule has 0 aliphatic heterocycles. The fraction of sp³-hybridized carbons (Fsp3) is 0.538. The fourth-order valence-electron chi connectivity index (χ4n) is 3.72. The summed E-state index contributed by atoms with van der Waals surface area (Å²) in [5.74, 6) is 3.13. The summed E-state index contributed by atoms with van der Waals surface area (Å²) >= 11 is 0. The highest BCUT2D eigenvalue weighted by molar-refractivity contribution is 5.98. The molecule has 11 N–H and O–H groups in total. The second-order valence-corrected chi connectivity index (χ2v) is 9.71. The van der Waals surface area contributed by atoms with Gasteiger partial charge in [0.1, 0.15) is 18.7 Å². The lowest BCUT2D eigenvalue weighted by Gasteiger charge is -2.25. The Morgan fingerprint density at radius 3 is 2.02 bits per heavy atom. The van der Waals surface area contributed by atoms with Crippen LogP contribution < -0.4 is 44.0 Å². The van der Waals surface area contributed by atoms with Gasteiger partial charge in [0, 0.05) is 25.1 Å². The van der Waals surface area contributed by atoms with E-state index < -0.39 is 36.0 Å². The van der Waals surface area contributed by atoms with Crippen LogP contribution in [0.4, 0.5) is 15.3 Å². The predicted molar refractivity (Wildman–Crippen MR) is 150 cm³/mol. The molecule has 0 aromatic heterocycles. The summed E-state index contributed by atoms with van der Waals surface area (Å²) in [6.45, 7) is 3.71. The molecule has 1 rings (SSSR count). The van der Waals surface area contributed by atoms with Crippen molar-refractivity contribution in [2.24, 2.45) is 23.2 Å². The molecule has 1 aromatic carbocycles. The molecule has 0 aliphatic rings. The molecule has 15 heteroatoms. The minimum absolute atomic E-state index is 0.0249. The molecule has 0 bridgehead atoms. The average Bonchev–Trinajstić information content (AvgIpc) is 2.92. The molecule has 0 unspecified atom stereocenters. The predicted octanol–water partition coefficient (Wildman–Crippen LogP) is 0.235. The maximum Gasteiger partial charge on any atom is 0.404 e. The number of urea groups is 1. The van der Waals surface area contributed by atoms with Crippen molar-refractivity contribution in [1.29, 1.82) is 0 Å². The zero-order valence-corrected chi connectivity index (χ0v) is 23.5. The van der Waals surface area contributed by atoms with Crippen molar-refractivity contribution in [3.05, 3.63) is 29.8 Å². The maximum absolute atomic E-state index is 13.2. The lowest BCUT2D eigenvalue weighted by Crippen LogP contribution is -2.54. The average molecular weight is 579 g/mol. The number of unbranched alkanes of at least 4 members (excludes halogenated alkanes) is 2. The van der Waals surface area contributed by atoms with Crippen molar-refractivity contribution >= 4 is 41.4 Å². The lowest BCUT2D eigenvalue weighted by atomic mass is 10.0. The third-order valence-corrected chi connectivity index (χ3v) is 5.94. The molecular weight excluding hydrogens is 536 g/mol. The van der Waals surface area contributed by atoms with Crippen molar-refractivity contribution in [3.63, 3.8) is 0 Å². The second-order valence-electron chi connectivity index (χ2n) is 9.71. The number of nitrogens with two attached hydrogens (primary N) is 3. The van der Waals surface area contributed by atoms with Crippen LogP contribution >= 0.6 is 0 Å². The zero-order chi connectivity index (χ0) is 30.8. The van der Waals surface area contributed by atoms with Crippen LogP contribution in [-0.2, 0) is 30.5 Å². The number of amides is 7. The van der Waals surface area contributed by atoms with Gasteiger partial charge in [0.15, 0.2) is 0 Å². The van der Waals surface area contributed by atoms with E-state index in [0.29, 0.717) is 36.9 Å². The Bertz CT molecular complexity index is 1030. The second kappa shape index (κ2) is 18.8. The Kier molecular flexibility index (Phi) is 15.9. The van der Waals surface area contributed by atoms with Crippen molar-refractivity contribution in [2.45, 2.75) is 77.5 Å². The SMILES string of the molecule is CC(C)[C@H](NC(=O)CCCCCC(=O)NN)C(=O)N[C@@H](CCCNC(N)=O)C(=O)Nc1ccc(COC(N)=O)cc1. The Morgan fingerprint density at radius 2 is 1.46 bits per heavy atom. The maximum atomic E-state index is 13.2. The molecule has 228 valence electrons. The van der Waals surface area contributed by atoms with Crippen LogP contribution in [-0.4, -0.2) is 54.4 Å². The van der Waals surface area contributed by atoms with Gasteiger partial charge in [0.25, 0.3) is 0 Å². The molecule has 0 spiro atoms. The van der Waals surface area contributed by atoms with E-state index in [1.807, 2.05) is 5.43 Å². The Hall–Kier alpha value is -4.40. The van der Waals surface area contributed by atoms with Gasteiger partial charge in [-0.05, 0) is 49.3 Å². The molecule has 41 heavy (non-hydrogen) atoms. The third kappa shape index (κ3) is 15.1. The summed E-state index contributed by atoms with van der Waals surface area (Å²) in [5.41, 5.74) is 13.2. The first-order valence-corrected chi connectivity index (χ1v) is 13.4. The fourth-order valence-corrected chi connectivity index (χ4v) is 3.72. The number of primary amides is 2. The van der Waals surface area contributed by atoms with Crippen LogP contribution in [0.1, 0.15) is 64.4 Å². The molecule has 0 heterocycles. The van der Waals surface area contributed by atoms with Gasteiger partial charge in [-0.2, -0.15) is 0 Å². The van der Waals surface area contributed by atoms with Crippen LogP contribution in [0.3, 0.4) is 0 Å². The first-order chi connectivity index (χ1) is 19.4. The van der Waals surface area contributed by atoms with Gasteiger partial charge in [-0.25, -0.2) is 15.4 Å². The number of ether oxygens (including phenoxy) is 1. The topological polar surface area (TPSA) is 250 Å². The van der Waals surface area contributed by atoms with Gasteiger partial charge in [-0.3, -0.25) is 24.6 Å². The molecule has 0 saturated carbocycles. The van der Waals surface area contributed by atoms with E-state index in [2.05, 4.69) is 21.3 Å². The highest BCUT2D eigenvalue weighted by atomic mass is 16.5. The molecule has 0 fully saturated rings. The Morgan fingerprint density at radius 1 is 0.829 bits per heavy atom. The van der Waals surface area contributed by atoms with E-state index >= 15 is 0 Å². The van der Waals surface area contributed by atoms with Crippen molar-refractivity contribution in [2.75, 3.05) is 11.9 Å². The highest BCUT2D eigenvalue weighted by Crippen LogP contribution is 2.13. The van der Waals surface area contributed by atoms with E-state index in [1.54, 1.807) is 38.1 Å². The number of carbonyl (C=O) groups excluding carboxylic acids is 6. The first-order valence-electron chi connectivity index (χ1n) is 13.4. The van der Waals surface area contributed by atoms with Gasteiger partial charge >= 0.3 is 12.1 Å². The van der Waals surface area contributed by atoms with E-state index in [-0.39, 0.29) is 50.1 Å². The number of hydrogen-bond donors (Lipinski definition) is 8. The van der Waals surface area contributed by atoms with Crippen LogP contribution in [0, 0.1) is 5.92 Å². The van der Waals surface area contributed by atoms with Gasteiger partial charge in [0.2, 0.25) is 23.6 Å². The zero-order valence-electron chi connectivity index (χ0n) is 23.5. The van der Waals surface area contributed by atoms with Gasteiger partial charge in [0.05, 0.1) is 0 Å². The summed E-state index contributed by atoms with van der Waals surface area (Å²) in [6, 6.07) is 3.90. The van der Waals surface area contributed by atoms with Crippen LogP contribution in [0.25, 0.3) is 0 Å². The third-order valence-electron chi connectivity index (χ3n) is 5.94. The summed E-state index contributed by atoms with van der Waals surface area (Å²) in [4.78, 5) is 71.8. The van der Waals surface area contributed by atoms with E-state index in [1.165, 1.54) is 0 Å². The minimum Gasteiger partial charge on any atom is -0.445 e. The standard InChI is InChI=1S/C26H42N8O7/c1-16(2)22(33-20(35)8-4-3-5-9-21(36)34-29)24(38)32-19(7-6-14-30-25(27)39)23(37)31-18-12-10-17(11-13-18)15-41-26(28)40/h10-13,16,19,22H,3-9,14-15,29H2,1-2H3,(H2,28,40)(H,31,37)(H,32,38)(H,33,35)(H,34,36)(H3,27,30,39)/t19-,22-/m0/s1. The van der Waals surface area contributed by atoms with Gasteiger partial charge in [-0.15, -0.1) is 0 Å². The van der Waals surface area contributed by atoms with E-state index in [9.17, 15) is 28.8 Å². The van der Waals surface area contributed by atoms with Crippen LogP contribution in [0.5, 0.6) is 0 Å². The summed E-state index contributed by atoms with van der Waals surface area (Å²) in [6.07, 6.45) is 1.79. The number of carbonyl (C=O) groups is 6. The molecule has 0 aliphatic carbocycles. The molecule has 7 amide bonds. The molecule has 15 nitrogen and oxygen atoms in total. The van der Waals surface area contributed by atoms with E-state index in [0.717, 1.165) is 0 Å². The monoisotopic (exact) mass is 578 g/mol. The summed E-state index contributed by atoms with van der Waals surface area (Å²) < 4.78 is 4.73. The number of hydrogen-bond acceptors (Lipinski definition) is 8. The summed E-state index contributed by atoms with van der Waals surface area (Å²) in [7, 11) is 0. The Labute approximate surface area is 239 Å². The molecule has 2 atom stereocenters. The van der Waals surface area contributed by atoms with Crippen molar-refractivity contribution in [3.8, 4) is 0 Å². The molecular formula is C26H42N8O7. The highest BCUT2D eigenvalue weighted by Gasteiger charge is 2.28. The van der Waals surface area contributed by atoms with E-state index in [4.69, 9.17) is 22.0 Å². The number of anilines is 1. The minimum atomic E-state index is -0.984. The smallest absolute Gasteiger partial charge is 0.404 e. The Balaban J connectivity index is 2.81. The number of rotatable bonds is 18. The number of benzene rings is 1. The van der Waals surface area contributed by atoms with Crippen LogP contribution in [0.15, 0.2) is 24.3 Å². The molecule has 0 radical (unpaired) electrons. The summed E-state index contributed by atoms with van der Waals surface area (Å²) in [5, 5.41) is 10.6. The van der Waals surface area contributed by atoms with Gasteiger partial charge in [-0.1, -0.05) is 32.4 Å². The molecule has 0 saturated heterocycles. The number of hydrazine groups is 1. The van der Waals surface area contributed by atoms with Gasteiger partial charge < -0.3 is 37.5 Å². The van der Waals surface area contributed by atoms with Crippen molar-refractivity contribution in [1.82, 2.24) is 21.4 Å².